The molecule has 0 unspecified atom stereocenters. The van der Waals surface area contributed by atoms with Crippen LogP contribution in [0.25, 0.3) is 0 Å². The highest BCUT2D eigenvalue weighted by Gasteiger charge is 2.42. The summed E-state index contributed by atoms with van der Waals surface area (Å²) in [7, 11) is 2.23. The lowest BCUT2D eigenvalue weighted by molar-refractivity contribution is 0.140. The zero-order chi connectivity index (χ0) is 11.3. The minimum atomic E-state index is -2.66. The quantitative estimate of drug-likeness (QED) is 0.709. The van der Waals surface area contributed by atoms with Gasteiger partial charge in [0.15, 0.2) is 0 Å². The Balaban J connectivity index is 3.21. The topological polar surface area (TPSA) is 27.7 Å². The predicted molar refractivity (Wildman–Crippen MR) is 62.2 cm³/mol. The van der Waals surface area contributed by atoms with Crippen LogP contribution in [-0.4, -0.2) is 30.1 Å². The molecule has 1 aromatic rings. The fourth-order valence-corrected chi connectivity index (χ4v) is 3.82. The van der Waals surface area contributed by atoms with Gasteiger partial charge in [0.25, 0.3) is 0 Å². The first-order valence-electron chi connectivity index (χ1n) is 4.98. The van der Waals surface area contributed by atoms with E-state index in [1.165, 1.54) is 5.56 Å². The van der Waals surface area contributed by atoms with Crippen LogP contribution in [0.1, 0.15) is 12.5 Å². The van der Waals surface area contributed by atoms with E-state index in [-0.39, 0.29) is 0 Å². The molecule has 0 heterocycles. The minimum absolute atomic E-state index is 0.945. The third-order valence-electron chi connectivity index (χ3n) is 2.53. The van der Waals surface area contributed by atoms with Gasteiger partial charge in [0, 0.05) is 26.5 Å². The standard InChI is InChI=1S/C11H18O3Si/c1-5-10-8-6-7-9-11(10)15(12-2,13-3)14-4/h6-9H,5H2,1-4H3. The third-order valence-corrected chi connectivity index (χ3v) is 5.29. The zero-order valence-electron chi connectivity index (χ0n) is 9.74. The molecule has 0 fully saturated rings. The highest BCUT2D eigenvalue weighted by Crippen LogP contribution is 2.10. The van der Waals surface area contributed by atoms with Crippen molar-refractivity contribution in [2.45, 2.75) is 13.3 Å². The first-order chi connectivity index (χ1) is 7.24. The molecule has 0 aliphatic rings. The molecular weight excluding hydrogens is 208 g/mol. The molecule has 1 aromatic carbocycles. The monoisotopic (exact) mass is 226 g/mol. The molecule has 0 radical (unpaired) electrons. The fraction of sp³-hybridized carbons (Fsp3) is 0.455. The highest BCUT2D eigenvalue weighted by atomic mass is 28.4. The van der Waals surface area contributed by atoms with Gasteiger partial charge in [-0.2, -0.15) is 0 Å². The molecule has 0 aliphatic heterocycles. The minimum Gasteiger partial charge on any atom is -0.373 e. The van der Waals surface area contributed by atoms with E-state index in [1.54, 1.807) is 21.3 Å². The molecule has 0 amide bonds. The molecule has 0 atom stereocenters. The molecule has 3 nitrogen and oxygen atoms in total. The van der Waals surface area contributed by atoms with E-state index < -0.39 is 8.80 Å². The number of aryl methyl sites for hydroxylation is 1. The van der Waals surface area contributed by atoms with Gasteiger partial charge in [-0.3, -0.25) is 0 Å². The van der Waals surface area contributed by atoms with Gasteiger partial charge in [0.05, 0.1) is 0 Å². The number of hydrogen-bond donors (Lipinski definition) is 0. The molecule has 0 saturated carbocycles. The van der Waals surface area contributed by atoms with Crippen molar-refractivity contribution in [3.63, 3.8) is 0 Å². The molecule has 15 heavy (non-hydrogen) atoms. The second-order valence-electron chi connectivity index (χ2n) is 3.18. The van der Waals surface area contributed by atoms with E-state index in [2.05, 4.69) is 13.0 Å². The zero-order valence-corrected chi connectivity index (χ0v) is 10.7. The van der Waals surface area contributed by atoms with E-state index in [0.717, 1.165) is 11.6 Å². The van der Waals surface area contributed by atoms with Gasteiger partial charge in [-0.25, -0.2) is 0 Å². The lowest BCUT2D eigenvalue weighted by atomic mass is 10.2. The van der Waals surface area contributed by atoms with Crippen LogP contribution in [0, 0.1) is 0 Å². The van der Waals surface area contributed by atoms with Crippen molar-refractivity contribution >= 4 is 14.0 Å². The summed E-state index contributed by atoms with van der Waals surface area (Å²) in [6, 6.07) is 8.09. The summed E-state index contributed by atoms with van der Waals surface area (Å²) in [5, 5.41) is 1.06. The first kappa shape index (κ1) is 12.4. The average molecular weight is 226 g/mol. The molecule has 0 spiro atoms. The van der Waals surface area contributed by atoms with Gasteiger partial charge in [0.1, 0.15) is 0 Å². The highest BCUT2D eigenvalue weighted by molar-refractivity contribution is 6.75. The Morgan fingerprint density at radius 3 is 2.00 bits per heavy atom. The SMILES string of the molecule is CCc1ccccc1[Si](OC)(OC)OC. The van der Waals surface area contributed by atoms with Crippen LogP contribution in [-0.2, 0) is 19.7 Å². The van der Waals surface area contributed by atoms with Crippen molar-refractivity contribution in [1.82, 2.24) is 0 Å². The van der Waals surface area contributed by atoms with E-state index >= 15 is 0 Å². The van der Waals surface area contributed by atoms with Crippen LogP contribution in [0.4, 0.5) is 0 Å². The molecule has 0 aromatic heterocycles. The van der Waals surface area contributed by atoms with E-state index in [1.807, 2.05) is 18.2 Å². The van der Waals surface area contributed by atoms with Crippen LogP contribution < -0.4 is 5.19 Å². The second kappa shape index (κ2) is 5.41. The number of rotatable bonds is 5. The molecule has 0 N–H and O–H groups in total. The lowest BCUT2D eigenvalue weighted by Gasteiger charge is -2.26. The number of benzene rings is 1. The van der Waals surface area contributed by atoms with Crippen molar-refractivity contribution in [3.8, 4) is 0 Å². The van der Waals surface area contributed by atoms with Crippen LogP contribution in [0.15, 0.2) is 24.3 Å². The fourth-order valence-electron chi connectivity index (χ4n) is 1.71. The van der Waals surface area contributed by atoms with Crippen molar-refractivity contribution in [2.24, 2.45) is 0 Å². The van der Waals surface area contributed by atoms with E-state index in [9.17, 15) is 0 Å². The normalized spacial score (nSPS) is 11.7. The molecule has 1 rings (SSSR count). The Labute approximate surface area is 92.3 Å². The maximum absolute atomic E-state index is 5.46. The molecule has 0 aliphatic carbocycles. The molecule has 0 bridgehead atoms. The summed E-state index contributed by atoms with van der Waals surface area (Å²) < 4.78 is 16.4. The van der Waals surface area contributed by atoms with Gasteiger partial charge >= 0.3 is 8.80 Å². The Morgan fingerprint density at radius 1 is 1.00 bits per heavy atom. The van der Waals surface area contributed by atoms with Crippen molar-refractivity contribution in [2.75, 3.05) is 21.3 Å². The van der Waals surface area contributed by atoms with Crippen molar-refractivity contribution in [3.05, 3.63) is 29.8 Å². The maximum Gasteiger partial charge on any atom is 0.536 e. The summed E-state index contributed by atoms with van der Waals surface area (Å²) in [5.41, 5.74) is 1.22. The van der Waals surface area contributed by atoms with Crippen LogP contribution in [0.3, 0.4) is 0 Å². The largest absolute Gasteiger partial charge is 0.536 e. The van der Waals surface area contributed by atoms with Crippen LogP contribution >= 0.6 is 0 Å². The average Bonchev–Trinajstić information content (AvgIpc) is 2.33. The third kappa shape index (κ3) is 2.29. The Hall–Kier alpha value is -0.683. The molecule has 4 heteroatoms. The Morgan fingerprint density at radius 2 is 1.53 bits per heavy atom. The second-order valence-corrected chi connectivity index (χ2v) is 6.06. The van der Waals surface area contributed by atoms with Crippen LogP contribution in [0.2, 0.25) is 0 Å². The van der Waals surface area contributed by atoms with Gasteiger partial charge in [0.2, 0.25) is 0 Å². The molecular formula is C11H18O3Si. The number of hydrogen-bond acceptors (Lipinski definition) is 3. The summed E-state index contributed by atoms with van der Waals surface area (Å²) in [6.45, 7) is 2.11. The van der Waals surface area contributed by atoms with E-state index in [0.29, 0.717) is 0 Å². The Bertz CT molecular complexity index is 302. The Kier molecular flexibility index (Phi) is 4.47. The molecule has 0 saturated heterocycles. The van der Waals surface area contributed by atoms with Gasteiger partial charge in [-0.05, 0) is 12.0 Å². The smallest absolute Gasteiger partial charge is 0.373 e. The van der Waals surface area contributed by atoms with E-state index in [4.69, 9.17) is 13.3 Å². The summed E-state index contributed by atoms with van der Waals surface area (Å²) in [4.78, 5) is 0. The molecule has 84 valence electrons. The van der Waals surface area contributed by atoms with Crippen molar-refractivity contribution in [1.29, 1.82) is 0 Å². The van der Waals surface area contributed by atoms with Gasteiger partial charge in [-0.1, -0.05) is 31.2 Å². The van der Waals surface area contributed by atoms with Crippen molar-refractivity contribution < 1.29 is 13.3 Å². The lowest BCUT2D eigenvalue weighted by Crippen LogP contribution is -2.55. The maximum atomic E-state index is 5.46. The predicted octanol–water partition coefficient (Wildman–Crippen LogP) is 1.33. The van der Waals surface area contributed by atoms with Crippen LogP contribution in [0.5, 0.6) is 0 Å². The summed E-state index contributed by atoms with van der Waals surface area (Å²) >= 11 is 0. The summed E-state index contributed by atoms with van der Waals surface area (Å²) in [5.74, 6) is 0. The summed E-state index contributed by atoms with van der Waals surface area (Å²) in [6.07, 6.45) is 0.945. The van der Waals surface area contributed by atoms with Gasteiger partial charge < -0.3 is 13.3 Å². The first-order valence-corrected chi connectivity index (χ1v) is 6.70. The van der Waals surface area contributed by atoms with Gasteiger partial charge in [-0.15, -0.1) is 0 Å².